The third-order valence-electron chi connectivity index (χ3n) is 2.84. The van der Waals surface area contributed by atoms with Crippen molar-refractivity contribution in [1.82, 2.24) is 9.55 Å². The fourth-order valence-electron chi connectivity index (χ4n) is 1.83. The predicted octanol–water partition coefficient (Wildman–Crippen LogP) is 2.45. The van der Waals surface area contributed by atoms with Gasteiger partial charge in [0.1, 0.15) is 5.15 Å². The minimum Gasteiger partial charge on any atom is -0.297 e. The Morgan fingerprint density at radius 2 is 1.79 bits per heavy atom. The average molecular weight is 299 g/mol. The van der Waals surface area contributed by atoms with Crippen molar-refractivity contribution in [3.8, 4) is 0 Å². The molecular formula is C13H12Cl2N2O2. The molecule has 0 saturated carbocycles. The highest BCUT2D eigenvalue weighted by atomic mass is 35.5. The SMILES string of the molecule is CCn1c(=O)[nH]c(Cl)c(Cc2ccc(Cl)cc2)c1=O. The molecule has 0 radical (unpaired) electrons. The van der Waals surface area contributed by atoms with Gasteiger partial charge in [0.05, 0.1) is 5.56 Å². The first-order valence-corrected chi connectivity index (χ1v) is 6.54. The molecule has 0 fully saturated rings. The van der Waals surface area contributed by atoms with Gasteiger partial charge < -0.3 is 0 Å². The summed E-state index contributed by atoms with van der Waals surface area (Å²) in [5.41, 5.74) is 0.437. The monoisotopic (exact) mass is 298 g/mol. The molecule has 1 aromatic heterocycles. The number of halogens is 2. The zero-order valence-electron chi connectivity index (χ0n) is 10.2. The van der Waals surface area contributed by atoms with Gasteiger partial charge in [-0.3, -0.25) is 14.3 Å². The van der Waals surface area contributed by atoms with Crippen LogP contribution in [0.25, 0.3) is 0 Å². The van der Waals surface area contributed by atoms with Crippen LogP contribution in [0.3, 0.4) is 0 Å². The van der Waals surface area contributed by atoms with Crippen LogP contribution in [0.1, 0.15) is 18.1 Å². The number of hydrogen-bond acceptors (Lipinski definition) is 2. The maximum atomic E-state index is 12.1. The van der Waals surface area contributed by atoms with Gasteiger partial charge in [-0.15, -0.1) is 0 Å². The van der Waals surface area contributed by atoms with Crippen molar-refractivity contribution < 1.29 is 0 Å². The fraction of sp³-hybridized carbons (Fsp3) is 0.231. The number of aromatic nitrogens is 2. The lowest BCUT2D eigenvalue weighted by Crippen LogP contribution is -2.36. The van der Waals surface area contributed by atoms with E-state index in [-0.39, 0.29) is 10.7 Å². The highest BCUT2D eigenvalue weighted by molar-refractivity contribution is 6.30. The molecule has 1 aromatic carbocycles. The molecule has 100 valence electrons. The predicted molar refractivity (Wildman–Crippen MR) is 76.3 cm³/mol. The van der Waals surface area contributed by atoms with E-state index in [1.54, 1.807) is 19.1 Å². The lowest BCUT2D eigenvalue weighted by atomic mass is 10.1. The molecule has 0 aliphatic rings. The van der Waals surface area contributed by atoms with Crippen LogP contribution in [0.2, 0.25) is 10.2 Å². The van der Waals surface area contributed by atoms with Gasteiger partial charge >= 0.3 is 5.69 Å². The molecule has 0 amide bonds. The van der Waals surface area contributed by atoms with Gasteiger partial charge in [0.2, 0.25) is 0 Å². The minimum absolute atomic E-state index is 0.0923. The number of aromatic amines is 1. The molecule has 0 atom stereocenters. The minimum atomic E-state index is -0.489. The molecule has 2 rings (SSSR count). The third-order valence-corrected chi connectivity index (χ3v) is 3.42. The highest BCUT2D eigenvalue weighted by Gasteiger charge is 2.12. The van der Waals surface area contributed by atoms with E-state index < -0.39 is 5.69 Å². The normalized spacial score (nSPS) is 10.7. The first-order chi connectivity index (χ1) is 9.02. The smallest absolute Gasteiger partial charge is 0.297 e. The van der Waals surface area contributed by atoms with Gasteiger partial charge in [-0.2, -0.15) is 0 Å². The Morgan fingerprint density at radius 1 is 1.16 bits per heavy atom. The maximum Gasteiger partial charge on any atom is 0.329 e. The van der Waals surface area contributed by atoms with Crippen LogP contribution in [0.4, 0.5) is 0 Å². The van der Waals surface area contributed by atoms with Crippen LogP contribution in [0.5, 0.6) is 0 Å². The van der Waals surface area contributed by atoms with Crippen molar-refractivity contribution in [3.63, 3.8) is 0 Å². The fourth-order valence-corrected chi connectivity index (χ4v) is 2.19. The number of rotatable bonds is 3. The van der Waals surface area contributed by atoms with Crippen LogP contribution < -0.4 is 11.2 Å². The number of nitrogens with zero attached hydrogens (tertiary/aromatic N) is 1. The van der Waals surface area contributed by atoms with Gasteiger partial charge in [-0.1, -0.05) is 35.3 Å². The van der Waals surface area contributed by atoms with Gasteiger partial charge in [0, 0.05) is 18.0 Å². The van der Waals surface area contributed by atoms with Crippen LogP contribution in [-0.4, -0.2) is 9.55 Å². The van der Waals surface area contributed by atoms with Crippen molar-refractivity contribution in [1.29, 1.82) is 0 Å². The van der Waals surface area contributed by atoms with Crippen molar-refractivity contribution >= 4 is 23.2 Å². The van der Waals surface area contributed by atoms with E-state index in [0.29, 0.717) is 23.6 Å². The van der Waals surface area contributed by atoms with Crippen molar-refractivity contribution in [2.75, 3.05) is 0 Å². The molecule has 0 bridgehead atoms. The molecule has 0 unspecified atom stereocenters. The van der Waals surface area contributed by atoms with Crippen LogP contribution in [0.15, 0.2) is 33.9 Å². The van der Waals surface area contributed by atoms with Gasteiger partial charge in [0.15, 0.2) is 0 Å². The second kappa shape index (κ2) is 5.63. The van der Waals surface area contributed by atoms with Crippen LogP contribution in [-0.2, 0) is 13.0 Å². The summed E-state index contributed by atoms with van der Waals surface area (Å²) >= 11 is 11.8. The summed E-state index contributed by atoms with van der Waals surface area (Å²) < 4.78 is 1.12. The second-order valence-electron chi connectivity index (χ2n) is 4.08. The topological polar surface area (TPSA) is 54.9 Å². The second-order valence-corrected chi connectivity index (χ2v) is 4.89. The lowest BCUT2D eigenvalue weighted by molar-refractivity contribution is 0.663. The Hall–Kier alpha value is -1.52. The van der Waals surface area contributed by atoms with E-state index in [4.69, 9.17) is 23.2 Å². The zero-order valence-corrected chi connectivity index (χ0v) is 11.8. The maximum absolute atomic E-state index is 12.1. The summed E-state index contributed by atoms with van der Waals surface area (Å²) in [4.78, 5) is 26.2. The Labute approximate surface area is 119 Å². The standard InChI is InChI=1S/C13H12Cl2N2O2/c1-2-17-12(18)10(11(15)16-13(17)19)7-8-3-5-9(14)6-4-8/h3-6H,2,7H2,1H3,(H,16,19). The summed E-state index contributed by atoms with van der Waals surface area (Å²) in [5.74, 6) is 0. The van der Waals surface area contributed by atoms with E-state index in [1.165, 1.54) is 0 Å². The first-order valence-electron chi connectivity index (χ1n) is 5.79. The zero-order chi connectivity index (χ0) is 14.0. The van der Waals surface area contributed by atoms with Crippen molar-refractivity contribution in [3.05, 3.63) is 66.4 Å². The van der Waals surface area contributed by atoms with E-state index >= 15 is 0 Å². The van der Waals surface area contributed by atoms with Crippen molar-refractivity contribution in [2.45, 2.75) is 19.9 Å². The molecule has 19 heavy (non-hydrogen) atoms. The summed E-state index contributed by atoms with van der Waals surface area (Å²) in [5, 5.41) is 0.719. The molecule has 2 aromatic rings. The highest BCUT2D eigenvalue weighted by Crippen LogP contribution is 2.15. The number of H-pyrrole nitrogens is 1. The number of hydrogen-bond donors (Lipinski definition) is 1. The molecule has 1 N–H and O–H groups in total. The molecule has 4 nitrogen and oxygen atoms in total. The van der Waals surface area contributed by atoms with Crippen LogP contribution in [0, 0.1) is 0 Å². The molecule has 0 aliphatic carbocycles. The average Bonchev–Trinajstić information content (AvgIpc) is 2.37. The largest absolute Gasteiger partial charge is 0.329 e. The first kappa shape index (κ1) is 13.9. The van der Waals surface area contributed by atoms with Crippen molar-refractivity contribution in [2.24, 2.45) is 0 Å². The van der Waals surface area contributed by atoms with Gasteiger partial charge in [-0.05, 0) is 24.6 Å². The van der Waals surface area contributed by atoms with Gasteiger partial charge in [0.25, 0.3) is 5.56 Å². The number of nitrogens with one attached hydrogen (secondary N) is 1. The molecule has 0 saturated heterocycles. The van der Waals surface area contributed by atoms with Gasteiger partial charge in [-0.25, -0.2) is 4.79 Å². The molecular weight excluding hydrogens is 287 g/mol. The summed E-state index contributed by atoms with van der Waals surface area (Å²) in [6.45, 7) is 2.04. The Morgan fingerprint density at radius 3 is 2.37 bits per heavy atom. The van der Waals surface area contributed by atoms with Crippen LogP contribution >= 0.6 is 23.2 Å². The lowest BCUT2D eigenvalue weighted by Gasteiger charge is -2.07. The molecule has 6 heteroatoms. The van der Waals surface area contributed by atoms with E-state index in [2.05, 4.69) is 4.98 Å². The number of benzene rings is 1. The molecule has 0 spiro atoms. The van der Waals surface area contributed by atoms with E-state index in [1.807, 2.05) is 12.1 Å². The van der Waals surface area contributed by atoms with E-state index in [9.17, 15) is 9.59 Å². The molecule has 0 aliphatic heterocycles. The van der Waals surface area contributed by atoms with E-state index in [0.717, 1.165) is 10.1 Å². The summed E-state index contributed by atoms with van der Waals surface area (Å²) in [7, 11) is 0. The Kier molecular flexibility index (Phi) is 4.12. The summed E-state index contributed by atoms with van der Waals surface area (Å²) in [6.07, 6.45) is 0.353. The Bertz CT molecular complexity index is 702. The quantitative estimate of drug-likeness (QED) is 0.885. The summed E-state index contributed by atoms with van der Waals surface area (Å²) in [6, 6.07) is 7.13. The molecule has 1 heterocycles. The Balaban J connectivity index is 2.48. The third kappa shape index (κ3) is 2.91.